The van der Waals surface area contributed by atoms with Crippen LogP contribution in [0.5, 0.6) is 17.2 Å². The molecule has 0 aliphatic heterocycles. The molecule has 5 heteroatoms. The van der Waals surface area contributed by atoms with E-state index in [1.807, 2.05) is 77.9 Å². The molecule has 0 saturated carbocycles. The predicted molar refractivity (Wildman–Crippen MR) is 149 cm³/mol. The van der Waals surface area contributed by atoms with Crippen LogP contribution in [0.1, 0.15) is 74.9 Å². The van der Waals surface area contributed by atoms with E-state index in [4.69, 9.17) is 10.7 Å². The van der Waals surface area contributed by atoms with Crippen LogP contribution >= 0.6 is 19.9 Å². The Morgan fingerprint density at radius 1 is 0.457 bits per heavy atom. The van der Waals surface area contributed by atoms with E-state index < -0.39 is 9.24 Å². The van der Waals surface area contributed by atoms with Crippen LogP contribution in [0.2, 0.25) is 0 Å². The third-order valence-corrected chi connectivity index (χ3v) is 11.2. The van der Waals surface area contributed by atoms with Crippen molar-refractivity contribution in [2.75, 3.05) is 0 Å². The van der Waals surface area contributed by atoms with Gasteiger partial charge in [-0.3, -0.25) is 0 Å². The van der Waals surface area contributed by atoms with Crippen molar-refractivity contribution in [3.05, 3.63) is 69.8 Å². The van der Waals surface area contributed by atoms with Crippen molar-refractivity contribution in [1.82, 2.24) is 0 Å². The van der Waals surface area contributed by atoms with Crippen molar-refractivity contribution < 1.29 is 15.3 Å². The Morgan fingerprint density at radius 2 is 0.629 bits per heavy atom. The van der Waals surface area contributed by atoms with E-state index in [1.165, 1.54) is 0 Å². The third-order valence-electron chi connectivity index (χ3n) is 6.98. The quantitative estimate of drug-likeness (QED) is 0.268. The second kappa shape index (κ2) is 11.2. The van der Waals surface area contributed by atoms with Gasteiger partial charge in [-0.25, -0.2) is 0 Å². The minimum atomic E-state index is -2.28. The first-order chi connectivity index (χ1) is 16.7. The summed E-state index contributed by atoms with van der Waals surface area (Å²) in [7, 11) is 5.60. The van der Waals surface area contributed by atoms with Crippen LogP contribution in [0.3, 0.4) is 0 Å². The van der Waals surface area contributed by atoms with Crippen LogP contribution in [0, 0.1) is 0 Å². The molecule has 0 aliphatic rings. The summed E-state index contributed by atoms with van der Waals surface area (Å²) >= 11 is 0. The van der Waals surface area contributed by atoms with Gasteiger partial charge in [-0.1, -0.05) is 61.5 Å². The second-order valence-electron chi connectivity index (χ2n) is 8.93. The van der Waals surface area contributed by atoms with E-state index in [9.17, 15) is 15.3 Å². The first-order valence-electron chi connectivity index (χ1n) is 12.8. The highest BCUT2D eigenvalue weighted by atomic mass is 35.7. The molecule has 3 rings (SSSR count). The van der Waals surface area contributed by atoms with E-state index >= 15 is 0 Å². The molecule has 3 N–H and O–H groups in total. The molecule has 0 amide bonds. The maximum atomic E-state index is 10.8. The number of phenolic OH excluding ortho intramolecular Hbond substituents is 3. The number of phenols is 3. The molecule has 0 saturated heterocycles. The fraction of sp³-hybridized carbons (Fsp3) is 0.400. The van der Waals surface area contributed by atoms with Gasteiger partial charge < -0.3 is 15.3 Å². The molecule has 0 fully saturated rings. The van der Waals surface area contributed by atoms with Crippen LogP contribution in [0.4, 0.5) is 0 Å². The molecule has 0 unspecified atom stereocenters. The minimum Gasteiger partial charge on any atom is -0.507 e. The van der Waals surface area contributed by atoms with Crippen molar-refractivity contribution in [2.45, 2.75) is 94.8 Å². The summed E-state index contributed by atoms with van der Waals surface area (Å²) in [5, 5.41) is 32.5. The van der Waals surface area contributed by atoms with Crippen molar-refractivity contribution in [1.29, 1.82) is 0 Å². The summed E-state index contributed by atoms with van der Waals surface area (Å²) in [5.41, 5.74) is 5.29. The topological polar surface area (TPSA) is 60.7 Å². The van der Waals surface area contributed by atoms with Crippen LogP contribution in [0.15, 0.2) is 51.1 Å². The zero-order valence-electron chi connectivity index (χ0n) is 21.8. The molecule has 0 atom stereocenters. The van der Waals surface area contributed by atoms with E-state index in [-0.39, 0.29) is 0 Å². The lowest BCUT2D eigenvalue weighted by Gasteiger charge is -2.37. The van der Waals surface area contributed by atoms with Crippen molar-refractivity contribution in [3.8, 4) is 17.2 Å². The van der Waals surface area contributed by atoms with Gasteiger partial charge in [0, 0.05) is 14.7 Å². The highest BCUT2D eigenvalue weighted by Gasteiger charge is 2.33. The first-order valence-corrected chi connectivity index (χ1v) is 15.2. The van der Waals surface area contributed by atoms with Gasteiger partial charge in [-0.2, -0.15) is 0 Å². The lowest BCUT2D eigenvalue weighted by atomic mass is 10.0. The number of halogens is 1. The normalized spacial score (nSPS) is 12.2. The van der Waals surface area contributed by atoms with Crippen LogP contribution in [-0.4, -0.2) is 15.3 Å². The molecule has 3 aromatic carbocycles. The molecular formula is C30H39ClO3S. The van der Waals surface area contributed by atoms with Gasteiger partial charge in [0.05, 0.1) is 0 Å². The number of hydrogen-bond acceptors (Lipinski definition) is 3. The summed E-state index contributed by atoms with van der Waals surface area (Å²) < 4.78 is 0. The summed E-state index contributed by atoms with van der Waals surface area (Å²) in [5.74, 6) is 1.04. The Labute approximate surface area is 216 Å². The van der Waals surface area contributed by atoms with Gasteiger partial charge >= 0.3 is 0 Å². The maximum Gasteiger partial charge on any atom is 0.122 e. The Kier molecular flexibility index (Phi) is 8.72. The first kappa shape index (κ1) is 27.3. The Morgan fingerprint density at radius 3 is 0.771 bits per heavy atom. The molecule has 190 valence electrons. The molecule has 0 heterocycles. The highest BCUT2D eigenvalue weighted by Crippen LogP contribution is 2.73. The zero-order chi connectivity index (χ0) is 25.9. The van der Waals surface area contributed by atoms with E-state index in [0.717, 1.165) is 48.1 Å². The molecule has 35 heavy (non-hydrogen) atoms. The molecule has 3 nitrogen and oxygen atoms in total. The molecule has 0 spiro atoms. The molecular weight excluding hydrogens is 476 g/mol. The molecule has 0 aromatic heterocycles. The average molecular weight is 515 g/mol. The summed E-state index contributed by atoms with van der Waals surface area (Å²) in [6.45, 7) is 12.2. The summed E-state index contributed by atoms with van der Waals surface area (Å²) in [4.78, 5) is 2.90. The van der Waals surface area contributed by atoms with E-state index in [0.29, 0.717) is 55.8 Å². The Balaban J connectivity index is 2.49. The predicted octanol–water partition coefficient (Wildman–Crippen LogP) is 8.61. The van der Waals surface area contributed by atoms with Crippen molar-refractivity contribution in [3.63, 3.8) is 0 Å². The standard InChI is InChI=1S/C30H39ClO3S/c1-7-19-13-25(14-20(8-2)28(19)32)35(31,26-15-21(9-3)29(33)22(10-4)16-26)27-17-23(11-5)30(34)24(12-6)18-27/h13-18,32-34H,7-12H2,1-6H3. The number of benzene rings is 3. The zero-order valence-corrected chi connectivity index (χ0v) is 23.4. The SMILES string of the molecule is CCc1cc(S(Cl)(c2cc(CC)c(O)c(CC)c2)c2cc(CC)c(O)c(CC)c2)cc(CC)c1O. The molecule has 0 radical (unpaired) electrons. The van der Waals surface area contributed by atoms with Crippen LogP contribution in [-0.2, 0) is 38.5 Å². The smallest absolute Gasteiger partial charge is 0.122 e. The fourth-order valence-electron chi connectivity index (χ4n) is 4.70. The van der Waals surface area contributed by atoms with Gasteiger partial charge in [0.15, 0.2) is 0 Å². The lowest BCUT2D eigenvalue weighted by molar-refractivity contribution is 0.461. The van der Waals surface area contributed by atoms with Crippen LogP contribution < -0.4 is 0 Å². The Hall–Kier alpha value is -2.30. The third kappa shape index (κ3) is 4.88. The molecule has 0 bridgehead atoms. The van der Waals surface area contributed by atoms with E-state index in [1.54, 1.807) is 0 Å². The van der Waals surface area contributed by atoms with Gasteiger partial charge in [-0.05, 0) is 108 Å². The number of aromatic hydroxyl groups is 3. The van der Waals surface area contributed by atoms with Gasteiger partial charge in [0.25, 0.3) is 0 Å². The Bertz CT molecular complexity index is 994. The van der Waals surface area contributed by atoms with E-state index in [2.05, 4.69) is 0 Å². The minimum absolute atomic E-state index is 0.348. The maximum absolute atomic E-state index is 10.8. The van der Waals surface area contributed by atoms with Gasteiger partial charge in [0.2, 0.25) is 0 Å². The van der Waals surface area contributed by atoms with Crippen molar-refractivity contribution in [2.24, 2.45) is 0 Å². The second-order valence-corrected chi connectivity index (χ2v) is 12.8. The number of hydrogen-bond donors (Lipinski definition) is 3. The number of rotatable bonds is 9. The van der Waals surface area contributed by atoms with Gasteiger partial charge in [-0.15, -0.1) is 0 Å². The largest absolute Gasteiger partial charge is 0.507 e. The monoisotopic (exact) mass is 514 g/mol. The highest BCUT2D eigenvalue weighted by molar-refractivity contribution is 8.51. The number of aryl methyl sites for hydroxylation is 6. The molecule has 0 aliphatic carbocycles. The average Bonchev–Trinajstić information content (AvgIpc) is 2.88. The van der Waals surface area contributed by atoms with Crippen LogP contribution in [0.25, 0.3) is 0 Å². The summed E-state index contributed by atoms with van der Waals surface area (Å²) in [6.07, 6.45) is 4.20. The molecule has 3 aromatic rings. The summed E-state index contributed by atoms with van der Waals surface area (Å²) in [6, 6.07) is 12.3. The lowest BCUT2D eigenvalue weighted by Crippen LogP contribution is -2.04. The van der Waals surface area contributed by atoms with Gasteiger partial charge in [0.1, 0.15) is 17.2 Å². The van der Waals surface area contributed by atoms with Crippen molar-refractivity contribution >= 4 is 19.9 Å². The fourth-order valence-corrected chi connectivity index (χ4v) is 8.14.